The van der Waals surface area contributed by atoms with Crippen LogP contribution in [0.2, 0.25) is 0 Å². The smallest absolute Gasteiger partial charge is 0.316 e. The quantitative estimate of drug-likeness (QED) is 0.291. The first-order valence-electron chi connectivity index (χ1n) is 12.0. The van der Waals surface area contributed by atoms with Crippen molar-refractivity contribution in [2.24, 2.45) is 23.7 Å². The SMILES string of the molecule is Cc1cc(C)cc(N2C[C@@H](C(=O)Oc3ccc(N4C(=O)[C@H]5[C@H](C)C=CC[C@@H]5C4=O)cc3)CC2=O)c1. The van der Waals surface area contributed by atoms with Crippen LogP contribution in [0.3, 0.4) is 0 Å². The summed E-state index contributed by atoms with van der Waals surface area (Å²) < 4.78 is 5.55. The van der Waals surface area contributed by atoms with Crippen molar-refractivity contribution in [1.29, 1.82) is 0 Å². The number of esters is 1. The lowest BCUT2D eigenvalue weighted by atomic mass is 9.78. The highest BCUT2D eigenvalue weighted by Crippen LogP contribution is 2.40. The van der Waals surface area contributed by atoms with E-state index in [0.717, 1.165) is 16.8 Å². The van der Waals surface area contributed by atoms with Crippen LogP contribution in [-0.4, -0.2) is 30.2 Å². The molecule has 5 rings (SSSR count). The molecule has 1 aliphatic carbocycles. The summed E-state index contributed by atoms with van der Waals surface area (Å²) >= 11 is 0. The third-order valence-electron chi connectivity index (χ3n) is 7.16. The molecule has 0 saturated carbocycles. The van der Waals surface area contributed by atoms with Crippen LogP contribution in [0.25, 0.3) is 0 Å². The molecular formula is C28H28N2O5. The number of nitrogens with zero attached hydrogens (tertiary/aromatic N) is 2. The van der Waals surface area contributed by atoms with Crippen molar-refractivity contribution < 1.29 is 23.9 Å². The van der Waals surface area contributed by atoms with Crippen LogP contribution in [0.1, 0.15) is 30.9 Å². The fraction of sp³-hybridized carbons (Fsp3) is 0.357. The molecule has 2 aliphatic heterocycles. The second kappa shape index (κ2) is 8.80. The van der Waals surface area contributed by atoms with E-state index < -0.39 is 11.9 Å². The second-order valence-corrected chi connectivity index (χ2v) is 9.83. The maximum atomic E-state index is 13.0. The number of hydrogen-bond acceptors (Lipinski definition) is 5. The van der Waals surface area contributed by atoms with Crippen LogP contribution in [0, 0.1) is 37.5 Å². The molecule has 0 aromatic heterocycles. The molecule has 3 amide bonds. The van der Waals surface area contributed by atoms with Crippen molar-refractivity contribution in [3.05, 3.63) is 65.7 Å². The van der Waals surface area contributed by atoms with Crippen LogP contribution in [0.4, 0.5) is 11.4 Å². The van der Waals surface area contributed by atoms with E-state index in [1.54, 1.807) is 29.2 Å². The predicted molar refractivity (Wildman–Crippen MR) is 131 cm³/mol. The summed E-state index contributed by atoms with van der Waals surface area (Å²) in [4.78, 5) is 54.1. The summed E-state index contributed by atoms with van der Waals surface area (Å²) in [6, 6.07) is 12.3. The Morgan fingerprint density at radius 1 is 0.943 bits per heavy atom. The number of benzene rings is 2. The topological polar surface area (TPSA) is 84.0 Å². The first kappa shape index (κ1) is 23.0. The third-order valence-corrected chi connectivity index (χ3v) is 7.16. The number of allylic oxidation sites excluding steroid dienone is 2. The lowest BCUT2D eigenvalue weighted by molar-refractivity contribution is -0.139. The van der Waals surface area contributed by atoms with Crippen molar-refractivity contribution in [1.82, 2.24) is 0 Å². The molecule has 2 saturated heterocycles. The molecule has 2 aromatic rings. The van der Waals surface area contributed by atoms with Crippen LogP contribution >= 0.6 is 0 Å². The zero-order valence-corrected chi connectivity index (χ0v) is 20.1. The van der Waals surface area contributed by atoms with Gasteiger partial charge in [0.1, 0.15) is 5.75 Å². The van der Waals surface area contributed by atoms with Gasteiger partial charge < -0.3 is 9.64 Å². The molecule has 7 heteroatoms. The van der Waals surface area contributed by atoms with Crippen LogP contribution in [0.5, 0.6) is 5.75 Å². The molecule has 0 spiro atoms. The fourth-order valence-corrected chi connectivity index (χ4v) is 5.49. The Hall–Kier alpha value is -3.74. The molecule has 180 valence electrons. The highest BCUT2D eigenvalue weighted by molar-refractivity contribution is 6.22. The van der Waals surface area contributed by atoms with E-state index in [-0.39, 0.29) is 48.4 Å². The summed E-state index contributed by atoms with van der Waals surface area (Å²) in [5.41, 5.74) is 3.37. The predicted octanol–water partition coefficient (Wildman–Crippen LogP) is 3.96. The second-order valence-electron chi connectivity index (χ2n) is 9.83. The zero-order chi connectivity index (χ0) is 24.9. The number of carbonyl (C=O) groups excluding carboxylic acids is 4. The number of ether oxygens (including phenoxy) is 1. The monoisotopic (exact) mass is 472 g/mol. The van der Waals surface area contributed by atoms with Gasteiger partial charge in [-0.05, 0) is 73.7 Å². The van der Waals surface area contributed by atoms with Gasteiger partial charge in [-0.2, -0.15) is 0 Å². The van der Waals surface area contributed by atoms with Gasteiger partial charge in [-0.25, -0.2) is 0 Å². The van der Waals surface area contributed by atoms with Gasteiger partial charge in [0.15, 0.2) is 0 Å². The Morgan fingerprint density at radius 3 is 2.29 bits per heavy atom. The number of amides is 3. The van der Waals surface area contributed by atoms with Crippen LogP contribution in [-0.2, 0) is 19.2 Å². The first-order chi connectivity index (χ1) is 16.7. The highest BCUT2D eigenvalue weighted by Gasteiger charge is 2.50. The van der Waals surface area contributed by atoms with E-state index >= 15 is 0 Å². The van der Waals surface area contributed by atoms with Crippen molar-refractivity contribution >= 4 is 35.1 Å². The Morgan fingerprint density at radius 2 is 1.63 bits per heavy atom. The number of rotatable bonds is 4. The van der Waals surface area contributed by atoms with E-state index in [0.29, 0.717) is 17.9 Å². The molecule has 2 aromatic carbocycles. The lowest BCUT2D eigenvalue weighted by Gasteiger charge is -2.22. The molecule has 0 bridgehead atoms. The van der Waals surface area contributed by atoms with Gasteiger partial charge in [-0.15, -0.1) is 0 Å². The summed E-state index contributed by atoms with van der Waals surface area (Å²) in [7, 11) is 0. The van der Waals surface area contributed by atoms with Crippen molar-refractivity contribution in [3.8, 4) is 5.75 Å². The molecule has 0 N–H and O–H groups in total. The van der Waals surface area contributed by atoms with E-state index in [2.05, 4.69) is 0 Å². The molecule has 2 heterocycles. The van der Waals surface area contributed by atoms with Gasteiger partial charge >= 0.3 is 5.97 Å². The average molecular weight is 473 g/mol. The lowest BCUT2D eigenvalue weighted by Crippen LogP contribution is -2.31. The minimum Gasteiger partial charge on any atom is -0.426 e. The normalized spacial score (nSPS) is 25.9. The number of carbonyl (C=O) groups is 4. The Bertz CT molecular complexity index is 1230. The molecule has 0 unspecified atom stereocenters. The molecule has 7 nitrogen and oxygen atoms in total. The highest BCUT2D eigenvalue weighted by atomic mass is 16.5. The largest absolute Gasteiger partial charge is 0.426 e. The standard InChI is InChI=1S/C28H28N2O5/c1-16-11-17(2)13-21(12-16)29-15-19(14-24(29)31)28(34)35-22-9-7-20(8-10-22)30-26(32)23-6-4-5-18(3)25(23)27(30)33/h4-5,7-13,18-19,23,25H,6,14-15H2,1-3H3/t18-,19+,23+,25+/m1/s1. The summed E-state index contributed by atoms with van der Waals surface area (Å²) in [5.74, 6) is -1.84. The molecule has 2 fully saturated rings. The summed E-state index contributed by atoms with van der Waals surface area (Å²) in [6.07, 6.45) is 4.63. The maximum Gasteiger partial charge on any atom is 0.316 e. The first-order valence-corrected chi connectivity index (χ1v) is 12.0. The fourth-order valence-electron chi connectivity index (χ4n) is 5.49. The van der Waals surface area contributed by atoms with Crippen molar-refractivity contribution in [2.45, 2.75) is 33.6 Å². The van der Waals surface area contributed by atoms with Gasteiger partial charge in [0.25, 0.3) is 0 Å². The Labute approximate surface area is 204 Å². The van der Waals surface area contributed by atoms with E-state index in [1.807, 2.05) is 51.1 Å². The van der Waals surface area contributed by atoms with Crippen molar-refractivity contribution in [3.63, 3.8) is 0 Å². The summed E-state index contributed by atoms with van der Waals surface area (Å²) in [5, 5.41) is 0. The molecule has 0 radical (unpaired) electrons. The van der Waals surface area contributed by atoms with Crippen LogP contribution in [0.15, 0.2) is 54.6 Å². The van der Waals surface area contributed by atoms with Crippen LogP contribution < -0.4 is 14.5 Å². The Kier molecular flexibility index (Phi) is 5.79. The summed E-state index contributed by atoms with van der Waals surface area (Å²) in [6.45, 7) is 6.17. The number of hydrogen-bond donors (Lipinski definition) is 0. The van der Waals surface area contributed by atoms with Gasteiger partial charge in [0.05, 0.1) is 23.4 Å². The molecule has 4 atom stereocenters. The van der Waals surface area contributed by atoms with Gasteiger partial charge in [-0.1, -0.05) is 25.1 Å². The van der Waals surface area contributed by atoms with E-state index in [1.165, 1.54) is 4.90 Å². The zero-order valence-electron chi connectivity index (χ0n) is 20.1. The minimum atomic E-state index is -0.568. The van der Waals surface area contributed by atoms with Gasteiger partial charge in [-0.3, -0.25) is 24.1 Å². The number of anilines is 2. The third kappa shape index (κ3) is 4.16. The average Bonchev–Trinajstić information content (AvgIpc) is 3.32. The number of fused-ring (bicyclic) bond motifs is 1. The van der Waals surface area contributed by atoms with Gasteiger partial charge in [0.2, 0.25) is 17.7 Å². The molecular weight excluding hydrogens is 444 g/mol. The Balaban J connectivity index is 1.25. The molecule has 35 heavy (non-hydrogen) atoms. The maximum absolute atomic E-state index is 13.0. The van der Waals surface area contributed by atoms with Gasteiger partial charge in [0, 0.05) is 18.7 Å². The minimum absolute atomic E-state index is 0.0211. The van der Waals surface area contributed by atoms with Crippen molar-refractivity contribution in [2.75, 3.05) is 16.3 Å². The molecule has 3 aliphatic rings. The van der Waals surface area contributed by atoms with E-state index in [9.17, 15) is 19.2 Å². The number of aryl methyl sites for hydroxylation is 2. The number of imide groups is 1. The van der Waals surface area contributed by atoms with E-state index in [4.69, 9.17) is 4.74 Å².